The second kappa shape index (κ2) is 14.5. The van der Waals surface area contributed by atoms with Crippen LogP contribution in [0.3, 0.4) is 0 Å². The van der Waals surface area contributed by atoms with E-state index in [4.69, 9.17) is 0 Å². The number of rotatable bonds is 7. The molecule has 10 aromatic rings. The van der Waals surface area contributed by atoms with Crippen LogP contribution in [0.2, 0.25) is 0 Å². The van der Waals surface area contributed by atoms with E-state index in [0.29, 0.717) is 0 Å². The van der Waals surface area contributed by atoms with Gasteiger partial charge in [0, 0.05) is 20.2 Å². The highest BCUT2D eigenvalue weighted by Crippen LogP contribution is 2.41. The monoisotopic (exact) mass is 770 g/mol. The van der Waals surface area contributed by atoms with Crippen molar-refractivity contribution in [3.05, 3.63) is 236 Å². The van der Waals surface area contributed by atoms with E-state index in [-0.39, 0.29) is 6.71 Å². The number of fused-ring (bicyclic) bond motifs is 5. The summed E-state index contributed by atoms with van der Waals surface area (Å²) in [6, 6.07) is 84.3. The van der Waals surface area contributed by atoms with Crippen molar-refractivity contribution >= 4 is 83.4 Å². The molecule has 1 aliphatic heterocycles. The first kappa shape index (κ1) is 34.7. The van der Waals surface area contributed by atoms with Gasteiger partial charge in [0.1, 0.15) is 0 Å². The van der Waals surface area contributed by atoms with Gasteiger partial charge in [-0.25, -0.2) is 0 Å². The third-order valence-electron chi connectivity index (χ3n) is 12.4. The Morgan fingerprint density at radius 1 is 0.379 bits per heavy atom. The Balaban J connectivity index is 1.03. The van der Waals surface area contributed by atoms with Crippen molar-refractivity contribution < 1.29 is 0 Å². The van der Waals surface area contributed by atoms with E-state index in [9.17, 15) is 0 Å². The van der Waals surface area contributed by atoms with Gasteiger partial charge in [-0.3, -0.25) is 0 Å². The van der Waals surface area contributed by atoms with Crippen LogP contribution in [0.15, 0.2) is 224 Å². The standard InChI is InChI=1S/C55H39BSSi/c1-4-22-45(23-5-1)58(46-24-6-2-7-25-46,47-26-8-3-9-27-47)48-28-15-19-39(37-48)40-33-34-54-51(38-40)50-30-16-29-49(55(50)57-54)41-20-14-21-44(36-41)56-52-31-12-10-17-42(52)35-43-18-11-13-32-53(43)56/h1-34,36-38H,35H2. The van der Waals surface area contributed by atoms with E-state index >= 15 is 0 Å². The van der Waals surface area contributed by atoms with Crippen molar-refractivity contribution in [1.29, 1.82) is 0 Å². The minimum Gasteiger partial charge on any atom is -0.135 e. The van der Waals surface area contributed by atoms with Gasteiger partial charge in [-0.1, -0.05) is 229 Å². The fraction of sp³-hybridized carbons (Fsp3) is 0.0182. The lowest BCUT2D eigenvalue weighted by molar-refractivity contribution is 1.21. The van der Waals surface area contributed by atoms with E-state index in [1.165, 1.54) is 90.7 Å². The third kappa shape index (κ3) is 5.73. The Morgan fingerprint density at radius 3 is 1.57 bits per heavy atom. The molecule has 0 bridgehead atoms. The summed E-state index contributed by atoms with van der Waals surface area (Å²) in [5.41, 5.74) is 12.1. The van der Waals surface area contributed by atoms with Crippen LogP contribution in [-0.4, -0.2) is 14.8 Å². The summed E-state index contributed by atoms with van der Waals surface area (Å²) in [6.07, 6.45) is 0.992. The van der Waals surface area contributed by atoms with Crippen LogP contribution < -0.4 is 37.1 Å². The molecular weight excluding hydrogens is 732 g/mol. The minimum absolute atomic E-state index is 0.216. The van der Waals surface area contributed by atoms with Crippen LogP contribution in [0.1, 0.15) is 11.1 Å². The summed E-state index contributed by atoms with van der Waals surface area (Å²) in [5, 5.41) is 8.17. The van der Waals surface area contributed by atoms with Crippen LogP contribution in [-0.2, 0) is 6.42 Å². The first-order valence-corrected chi connectivity index (χ1v) is 23.1. The predicted octanol–water partition coefficient (Wildman–Crippen LogP) is 9.19. The Morgan fingerprint density at radius 2 is 0.914 bits per heavy atom. The molecule has 0 N–H and O–H groups in total. The van der Waals surface area contributed by atoms with Crippen LogP contribution >= 0.6 is 11.3 Å². The summed E-state index contributed by atoms with van der Waals surface area (Å²) in [7, 11) is -2.65. The lowest BCUT2D eigenvalue weighted by Crippen LogP contribution is -2.74. The van der Waals surface area contributed by atoms with Gasteiger partial charge in [0.2, 0.25) is 6.71 Å². The van der Waals surface area contributed by atoms with Gasteiger partial charge in [-0.15, -0.1) is 11.3 Å². The van der Waals surface area contributed by atoms with Crippen LogP contribution in [0.5, 0.6) is 0 Å². The zero-order valence-corrected chi connectivity index (χ0v) is 33.9. The molecule has 58 heavy (non-hydrogen) atoms. The number of thiophene rings is 1. The van der Waals surface area contributed by atoms with E-state index in [1.54, 1.807) is 0 Å². The molecule has 0 fully saturated rings. The van der Waals surface area contributed by atoms with Crippen LogP contribution in [0.25, 0.3) is 42.4 Å². The lowest BCUT2D eigenvalue weighted by Gasteiger charge is -2.34. The Hall–Kier alpha value is -6.52. The average Bonchev–Trinajstić information content (AvgIpc) is 3.68. The van der Waals surface area contributed by atoms with E-state index < -0.39 is 8.07 Å². The molecular formula is C55H39BSSi. The number of hydrogen-bond donors (Lipinski definition) is 0. The van der Waals surface area contributed by atoms with Gasteiger partial charge in [-0.05, 0) is 72.7 Å². The normalized spacial score (nSPS) is 12.4. The van der Waals surface area contributed by atoms with Crippen molar-refractivity contribution in [3.8, 4) is 22.3 Å². The van der Waals surface area contributed by atoms with Crippen molar-refractivity contribution in [2.75, 3.05) is 0 Å². The van der Waals surface area contributed by atoms with Crippen molar-refractivity contribution in [2.45, 2.75) is 6.42 Å². The fourth-order valence-corrected chi connectivity index (χ4v) is 15.8. The summed E-state index contributed by atoms with van der Waals surface area (Å²) >= 11 is 1.91. The van der Waals surface area contributed by atoms with Crippen molar-refractivity contribution in [2.24, 2.45) is 0 Å². The summed E-state index contributed by atoms with van der Waals surface area (Å²) in [4.78, 5) is 0. The SMILES string of the molecule is c1ccc([Si](c2ccccc2)(c2ccccc2)c2cccc(-c3ccc4sc5c(-c6cccc(B7c8ccccc8Cc8ccccc87)c6)cccc5c4c3)c2)cc1. The third-order valence-corrected chi connectivity index (χ3v) is 18.4. The zero-order valence-electron chi connectivity index (χ0n) is 32.1. The molecule has 0 amide bonds. The maximum atomic E-state index is 2.48. The first-order chi connectivity index (χ1) is 28.8. The maximum absolute atomic E-state index is 2.65. The molecule has 0 nitrogen and oxygen atoms in total. The molecule has 272 valence electrons. The van der Waals surface area contributed by atoms with E-state index in [0.717, 1.165) is 6.42 Å². The largest absolute Gasteiger partial charge is 0.241 e. The second-order valence-electron chi connectivity index (χ2n) is 15.6. The molecule has 0 unspecified atom stereocenters. The highest BCUT2D eigenvalue weighted by atomic mass is 32.1. The Labute approximate surface area is 345 Å². The number of hydrogen-bond acceptors (Lipinski definition) is 1. The highest BCUT2D eigenvalue weighted by Gasteiger charge is 2.41. The second-order valence-corrected chi connectivity index (χ2v) is 20.4. The molecule has 0 aliphatic carbocycles. The fourth-order valence-electron chi connectivity index (χ4n) is 9.77. The van der Waals surface area contributed by atoms with Gasteiger partial charge in [0.25, 0.3) is 0 Å². The summed E-state index contributed by atoms with van der Waals surface area (Å²) < 4.78 is 2.66. The molecule has 0 spiro atoms. The molecule has 11 rings (SSSR count). The maximum Gasteiger partial charge on any atom is 0.241 e. The van der Waals surface area contributed by atoms with Crippen molar-refractivity contribution in [3.63, 3.8) is 0 Å². The topological polar surface area (TPSA) is 0 Å². The molecule has 9 aromatic carbocycles. The van der Waals surface area contributed by atoms with Crippen LogP contribution in [0.4, 0.5) is 0 Å². The molecule has 2 heterocycles. The quantitative estimate of drug-likeness (QED) is 0.112. The average molecular weight is 771 g/mol. The molecule has 0 saturated carbocycles. The molecule has 3 heteroatoms. The highest BCUT2D eigenvalue weighted by molar-refractivity contribution is 7.26. The Kier molecular flexibility index (Phi) is 8.65. The smallest absolute Gasteiger partial charge is 0.135 e. The first-order valence-electron chi connectivity index (χ1n) is 20.2. The minimum atomic E-state index is -2.65. The van der Waals surface area contributed by atoms with Crippen LogP contribution in [0, 0.1) is 0 Å². The number of benzene rings is 9. The van der Waals surface area contributed by atoms with E-state index in [1.807, 2.05) is 11.3 Å². The van der Waals surface area contributed by atoms with Crippen molar-refractivity contribution in [1.82, 2.24) is 0 Å². The summed E-state index contributed by atoms with van der Waals surface area (Å²) in [5.74, 6) is 0. The molecule has 0 saturated heterocycles. The lowest BCUT2D eigenvalue weighted by atomic mass is 9.33. The predicted molar refractivity (Wildman–Crippen MR) is 254 cm³/mol. The molecule has 0 radical (unpaired) electrons. The molecule has 1 aromatic heterocycles. The van der Waals surface area contributed by atoms with E-state index in [2.05, 4.69) is 224 Å². The van der Waals surface area contributed by atoms with Gasteiger partial charge in [0.05, 0.1) is 0 Å². The summed E-state index contributed by atoms with van der Waals surface area (Å²) in [6.45, 7) is 0.216. The van der Waals surface area contributed by atoms with Gasteiger partial charge < -0.3 is 0 Å². The Bertz CT molecular complexity index is 2960. The van der Waals surface area contributed by atoms with Gasteiger partial charge in [-0.2, -0.15) is 0 Å². The zero-order chi connectivity index (χ0) is 38.5. The van der Waals surface area contributed by atoms with Gasteiger partial charge in [0.15, 0.2) is 8.07 Å². The molecule has 1 aliphatic rings. The van der Waals surface area contributed by atoms with Gasteiger partial charge >= 0.3 is 0 Å². The molecule has 0 atom stereocenters.